The zero-order valence-electron chi connectivity index (χ0n) is 15.4. The molecule has 0 aliphatic carbocycles. The molecule has 0 fully saturated rings. The number of hydrogen-bond donors (Lipinski definition) is 0. The van der Waals surface area contributed by atoms with Gasteiger partial charge in [0.05, 0.1) is 21.3 Å². The number of ether oxygens (including phenoxy) is 4. The molecule has 0 unspecified atom stereocenters. The summed E-state index contributed by atoms with van der Waals surface area (Å²) in [5.41, 5.74) is 0.710. The van der Waals surface area contributed by atoms with Gasteiger partial charge in [0.25, 0.3) is 0 Å². The van der Waals surface area contributed by atoms with Crippen molar-refractivity contribution >= 4 is 23.8 Å². The second kappa shape index (κ2) is 10.5. The van der Waals surface area contributed by atoms with Gasteiger partial charge in [0, 0.05) is 16.7 Å². The maximum Gasteiger partial charge on any atom is 0.330 e. The van der Waals surface area contributed by atoms with E-state index >= 15 is 0 Å². The van der Waals surface area contributed by atoms with Crippen molar-refractivity contribution in [3.05, 3.63) is 53.9 Å². The molecular weight excluding hydrogens is 371 g/mol. The molecule has 0 saturated heterocycles. The van der Waals surface area contributed by atoms with Crippen molar-refractivity contribution in [3.63, 3.8) is 0 Å². The van der Waals surface area contributed by atoms with Gasteiger partial charge >= 0.3 is 5.97 Å². The maximum absolute atomic E-state index is 12.8. The first-order chi connectivity index (χ1) is 13.1. The minimum absolute atomic E-state index is 0.250. The van der Waals surface area contributed by atoms with Crippen molar-refractivity contribution in [3.8, 4) is 17.2 Å². The SMILES string of the molecule is COc1cc(/C=C/C(=O)OCCSc2ccc(F)cc2)cc(OC)c1OC. The molecular formula is C20H21FO5S. The van der Waals surface area contributed by atoms with Gasteiger partial charge in [-0.3, -0.25) is 0 Å². The lowest BCUT2D eigenvalue weighted by atomic mass is 10.1. The number of carbonyl (C=O) groups is 1. The third-order valence-electron chi connectivity index (χ3n) is 3.51. The van der Waals surface area contributed by atoms with E-state index in [9.17, 15) is 9.18 Å². The molecule has 144 valence electrons. The fraction of sp³-hybridized carbons (Fsp3) is 0.250. The largest absolute Gasteiger partial charge is 0.493 e. The molecule has 0 aromatic heterocycles. The van der Waals surface area contributed by atoms with E-state index in [1.165, 1.54) is 51.3 Å². The first-order valence-electron chi connectivity index (χ1n) is 8.10. The van der Waals surface area contributed by atoms with Crippen LogP contribution in [-0.2, 0) is 9.53 Å². The monoisotopic (exact) mass is 392 g/mol. The van der Waals surface area contributed by atoms with E-state index in [1.54, 1.807) is 30.3 Å². The Kier molecular flexibility index (Phi) is 8.00. The summed E-state index contributed by atoms with van der Waals surface area (Å²) < 4.78 is 33.8. The Balaban J connectivity index is 1.87. The van der Waals surface area contributed by atoms with Gasteiger partial charge in [-0.05, 0) is 48.0 Å². The van der Waals surface area contributed by atoms with Crippen molar-refractivity contribution in [1.29, 1.82) is 0 Å². The highest BCUT2D eigenvalue weighted by Crippen LogP contribution is 2.38. The molecule has 0 heterocycles. The molecule has 2 aromatic carbocycles. The lowest BCUT2D eigenvalue weighted by molar-refractivity contribution is -0.137. The first kappa shape index (κ1) is 20.6. The smallest absolute Gasteiger partial charge is 0.330 e. The van der Waals surface area contributed by atoms with Crippen LogP contribution in [0.1, 0.15) is 5.56 Å². The summed E-state index contributed by atoms with van der Waals surface area (Å²) in [6.45, 7) is 0.250. The molecule has 5 nitrogen and oxygen atoms in total. The zero-order valence-corrected chi connectivity index (χ0v) is 16.2. The van der Waals surface area contributed by atoms with E-state index in [0.717, 1.165) is 4.90 Å². The van der Waals surface area contributed by atoms with Crippen LogP contribution in [0.3, 0.4) is 0 Å². The van der Waals surface area contributed by atoms with Gasteiger partial charge in [0.2, 0.25) is 5.75 Å². The minimum atomic E-state index is -0.455. The van der Waals surface area contributed by atoms with Gasteiger partial charge in [-0.1, -0.05) is 0 Å². The second-order valence-electron chi connectivity index (χ2n) is 5.26. The number of rotatable bonds is 9. The Morgan fingerprint density at radius 1 is 1.04 bits per heavy atom. The molecule has 0 radical (unpaired) electrons. The third kappa shape index (κ3) is 6.21. The van der Waals surface area contributed by atoms with E-state index in [2.05, 4.69) is 0 Å². The Labute approximate surface area is 162 Å². The quantitative estimate of drug-likeness (QED) is 0.276. The standard InChI is InChI=1S/C20H21FO5S/c1-23-17-12-14(13-18(24-2)20(17)25-3)4-9-19(22)26-10-11-27-16-7-5-15(21)6-8-16/h4-9,12-13H,10-11H2,1-3H3/b9-4+. The summed E-state index contributed by atoms with van der Waals surface area (Å²) in [6, 6.07) is 9.63. The predicted molar refractivity (Wildman–Crippen MR) is 103 cm³/mol. The average molecular weight is 392 g/mol. The van der Waals surface area contributed by atoms with Gasteiger partial charge in [-0.25, -0.2) is 9.18 Å². The highest BCUT2D eigenvalue weighted by molar-refractivity contribution is 7.99. The normalized spacial score (nSPS) is 10.7. The van der Waals surface area contributed by atoms with Crippen molar-refractivity contribution in [2.75, 3.05) is 33.7 Å². The highest BCUT2D eigenvalue weighted by atomic mass is 32.2. The van der Waals surface area contributed by atoms with Crippen LogP contribution in [0.5, 0.6) is 17.2 Å². The maximum atomic E-state index is 12.8. The Morgan fingerprint density at radius 3 is 2.22 bits per heavy atom. The zero-order chi connectivity index (χ0) is 19.6. The van der Waals surface area contributed by atoms with Crippen LogP contribution in [0.2, 0.25) is 0 Å². The number of methoxy groups -OCH3 is 3. The van der Waals surface area contributed by atoms with Gasteiger partial charge in [0.1, 0.15) is 12.4 Å². The van der Waals surface area contributed by atoms with Crippen LogP contribution < -0.4 is 14.2 Å². The molecule has 0 N–H and O–H groups in total. The van der Waals surface area contributed by atoms with Crippen molar-refractivity contribution in [2.45, 2.75) is 4.90 Å². The lowest BCUT2D eigenvalue weighted by Crippen LogP contribution is -2.04. The number of carbonyl (C=O) groups excluding carboxylic acids is 1. The van der Waals surface area contributed by atoms with Gasteiger partial charge in [-0.2, -0.15) is 0 Å². The summed E-state index contributed by atoms with van der Waals surface area (Å²) in [7, 11) is 4.58. The molecule has 0 atom stereocenters. The Morgan fingerprint density at radius 2 is 1.67 bits per heavy atom. The van der Waals surface area contributed by atoms with E-state index in [1.807, 2.05) is 0 Å². The number of benzene rings is 2. The van der Waals surface area contributed by atoms with Crippen LogP contribution in [-0.4, -0.2) is 39.7 Å². The predicted octanol–water partition coefficient (Wildman–Crippen LogP) is 4.20. The van der Waals surface area contributed by atoms with Crippen LogP contribution >= 0.6 is 11.8 Å². The fourth-order valence-electron chi connectivity index (χ4n) is 2.24. The van der Waals surface area contributed by atoms with E-state index < -0.39 is 5.97 Å². The van der Waals surface area contributed by atoms with Gasteiger partial charge in [-0.15, -0.1) is 11.8 Å². The molecule has 0 spiro atoms. The van der Waals surface area contributed by atoms with Crippen molar-refractivity contribution in [2.24, 2.45) is 0 Å². The topological polar surface area (TPSA) is 54.0 Å². The van der Waals surface area contributed by atoms with Gasteiger partial charge in [0.15, 0.2) is 11.5 Å². The number of esters is 1. The molecule has 0 saturated carbocycles. The number of thioether (sulfide) groups is 1. The summed E-state index contributed by atoms with van der Waals surface area (Å²) in [4.78, 5) is 12.8. The van der Waals surface area contributed by atoms with Crippen molar-refractivity contribution in [1.82, 2.24) is 0 Å². The van der Waals surface area contributed by atoms with E-state index in [0.29, 0.717) is 28.6 Å². The molecule has 0 aliphatic heterocycles. The molecule has 27 heavy (non-hydrogen) atoms. The van der Waals surface area contributed by atoms with Crippen LogP contribution in [0.25, 0.3) is 6.08 Å². The summed E-state index contributed by atoms with van der Waals surface area (Å²) in [5, 5.41) is 0. The van der Waals surface area contributed by atoms with Crippen molar-refractivity contribution < 1.29 is 28.1 Å². The minimum Gasteiger partial charge on any atom is -0.493 e. The van der Waals surface area contributed by atoms with Crippen LogP contribution in [0.15, 0.2) is 47.4 Å². The van der Waals surface area contributed by atoms with Gasteiger partial charge < -0.3 is 18.9 Å². The fourth-order valence-corrected chi connectivity index (χ4v) is 2.97. The molecule has 0 bridgehead atoms. The lowest BCUT2D eigenvalue weighted by Gasteiger charge is -2.12. The first-order valence-corrected chi connectivity index (χ1v) is 9.09. The van der Waals surface area contributed by atoms with Crippen LogP contribution in [0, 0.1) is 5.82 Å². The summed E-state index contributed by atoms with van der Waals surface area (Å²) in [6.07, 6.45) is 2.95. The highest BCUT2D eigenvalue weighted by Gasteiger charge is 2.12. The van der Waals surface area contributed by atoms with E-state index in [4.69, 9.17) is 18.9 Å². The molecule has 2 rings (SSSR count). The summed E-state index contributed by atoms with van der Waals surface area (Å²) >= 11 is 1.48. The molecule has 2 aromatic rings. The Hall–Kier alpha value is -2.67. The molecule has 0 aliphatic rings. The van der Waals surface area contributed by atoms with Crippen LogP contribution in [0.4, 0.5) is 4.39 Å². The average Bonchev–Trinajstić information content (AvgIpc) is 2.70. The molecule has 7 heteroatoms. The Bertz CT molecular complexity index is 764. The van der Waals surface area contributed by atoms with E-state index in [-0.39, 0.29) is 12.4 Å². The molecule has 0 amide bonds. The second-order valence-corrected chi connectivity index (χ2v) is 6.43. The third-order valence-corrected chi connectivity index (χ3v) is 4.49. The number of hydrogen-bond acceptors (Lipinski definition) is 6. The number of halogens is 1. The summed E-state index contributed by atoms with van der Waals surface area (Å²) in [5.74, 6) is 1.33.